The Morgan fingerprint density at radius 2 is 1.39 bits per heavy atom. The van der Waals surface area contributed by atoms with Crippen molar-refractivity contribution in [1.82, 2.24) is 0 Å². The Kier molecular flexibility index (Phi) is 8.59. The predicted molar refractivity (Wildman–Crippen MR) is 176 cm³/mol. The molecule has 0 spiro atoms. The van der Waals surface area contributed by atoms with Crippen molar-refractivity contribution in [3.63, 3.8) is 0 Å². The molecule has 4 amide bonds. The summed E-state index contributed by atoms with van der Waals surface area (Å²) in [5.41, 5.74) is -5.59. The average Bonchev–Trinajstić information content (AvgIpc) is 3.47. The molecule has 9 nitrogen and oxygen atoms in total. The van der Waals surface area contributed by atoms with Gasteiger partial charge in [-0.15, -0.1) is 0 Å². The summed E-state index contributed by atoms with van der Waals surface area (Å²) in [5.74, 6) is -10.8. The van der Waals surface area contributed by atoms with E-state index in [1.54, 1.807) is 6.08 Å². The van der Waals surface area contributed by atoms with Crippen LogP contribution in [0.4, 0.5) is 42.1 Å². The summed E-state index contributed by atoms with van der Waals surface area (Å²) in [6, 6.07) is 6.20. The fourth-order valence-electron chi connectivity index (χ4n) is 8.73. The van der Waals surface area contributed by atoms with Gasteiger partial charge in [0.05, 0.1) is 64.9 Å². The number of amides is 4. The van der Waals surface area contributed by atoms with E-state index in [4.69, 9.17) is 21.1 Å². The summed E-state index contributed by atoms with van der Waals surface area (Å²) in [6.45, 7) is 1.51. The maximum absolute atomic E-state index is 14.7. The lowest BCUT2D eigenvalue weighted by Crippen LogP contribution is -2.49. The molecule has 2 saturated heterocycles. The van der Waals surface area contributed by atoms with Crippen molar-refractivity contribution in [1.29, 1.82) is 0 Å². The molecule has 2 aliphatic carbocycles. The second-order valence-electron chi connectivity index (χ2n) is 13.8. The number of hydrogen-bond acceptors (Lipinski definition) is 7. The molecule has 0 radical (unpaired) electrons. The van der Waals surface area contributed by atoms with E-state index in [-0.39, 0.29) is 52.4 Å². The summed E-state index contributed by atoms with van der Waals surface area (Å²) in [5, 5.41) is 10.1. The lowest BCUT2D eigenvalue weighted by Gasteiger charge is -2.49. The van der Waals surface area contributed by atoms with E-state index in [1.165, 1.54) is 39.3 Å². The van der Waals surface area contributed by atoms with Crippen LogP contribution in [0.15, 0.2) is 60.2 Å². The number of rotatable bonds is 5. The molecular weight excluding hydrogens is 753 g/mol. The molecule has 0 aromatic heterocycles. The summed E-state index contributed by atoms with van der Waals surface area (Å²) < 4.78 is 108. The number of phenolic OH excluding ortho intramolecular Hbond substituents is 1. The van der Waals surface area contributed by atoms with Crippen molar-refractivity contribution in [3.8, 4) is 17.2 Å². The third-order valence-electron chi connectivity index (χ3n) is 11.1. The van der Waals surface area contributed by atoms with Crippen molar-refractivity contribution >= 4 is 46.6 Å². The first kappa shape index (κ1) is 37.2. The van der Waals surface area contributed by atoms with Crippen LogP contribution in [0.1, 0.15) is 42.4 Å². The van der Waals surface area contributed by atoms with Crippen LogP contribution >= 0.6 is 11.6 Å². The minimum Gasteiger partial charge on any atom is -0.508 e. The number of halogens is 8. The van der Waals surface area contributed by atoms with Crippen LogP contribution in [0.2, 0.25) is 5.02 Å². The minimum absolute atomic E-state index is 0.0168. The van der Waals surface area contributed by atoms with E-state index in [9.17, 15) is 55.0 Å². The Labute approximate surface area is 306 Å². The summed E-state index contributed by atoms with van der Waals surface area (Å²) in [7, 11) is 2.55. The molecule has 3 fully saturated rings. The van der Waals surface area contributed by atoms with Crippen LogP contribution in [0, 0.1) is 34.9 Å². The molecule has 3 aromatic rings. The van der Waals surface area contributed by atoms with Crippen LogP contribution in [0.5, 0.6) is 17.2 Å². The maximum Gasteiger partial charge on any atom is 0.416 e. The molecule has 1 saturated carbocycles. The lowest BCUT2D eigenvalue weighted by molar-refractivity contribution is -0.143. The van der Waals surface area contributed by atoms with Gasteiger partial charge in [-0.05, 0) is 62.1 Å². The number of carbonyl (C=O) groups is 4. The Morgan fingerprint density at radius 3 is 1.93 bits per heavy atom. The van der Waals surface area contributed by atoms with E-state index < -0.39 is 93.6 Å². The molecule has 2 heterocycles. The Morgan fingerprint density at radius 1 is 0.796 bits per heavy atom. The molecule has 17 heteroatoms. The number of ether oxygens (including phenoxy) is 2. The summed E-state index contributed by atoms with van der Waals surface area (Å²) in [6.07, 6.45) is -9.39. The smallest absolute Gasteiger partial charge is 0.416 e. The number of aromatic hydroxyl groups is 1. The number of nitrogens with zero attached hydrogens (tertiary/aromatic N) is 2. The highest BCUT2D eigenvalue weighted by molar-refractivity contribution is 6.32. The van der Waals surface area contributed by atoms with Crippen LogP contribution in [0.25, 0.3) is 0 Å². The molecule has 1 N–H and O–H groups in total. The second kappa shape index (κ2) is 12.5. The number of imide groups is 2. The van der Waals surface area contributed by atoms with Crippen molar-refractivity contribution in [3.05, 3.63) is 87.7 Å². The van der Waals surface area contributed by atoms with Gasteiger partial charge >= 0.3 is 12.4 Å². The van der Waals surface area contributed by atoms with Gasteiger partial charge in [0.1, 0.15) is 23.1 Å². The van der Waals surface area contributed by atoms with Gasteiger partial charge in [0.25, 0.3) is 0 Å². The van der Waals surface area contributed by atoms with Crippen molar-refractivity contribution < 1.29 is 64.5 Å². The molecule has 4 aliphatic rings. The molecule has 54 heavy (non-hydrogen) atoms. The highest BCUT2D eigenvalue weighted by Gasteiger charge is 2.68. The molecule has 284 valence electrons. The number of fused-ring (bicyclic) bond motifs is 4. The fourth-order valence-corrected chi connectivity index (χ4v) is 8.90. The fraction of sp³-hybridized carbons (Fsp3) is 0.351. The SMILES string of the molecule is COc1cc(O)cc(OC)c1C1C2=CCC3C(=O)N(c4cc(C(F)(F)F)cc(C(F)(F)F)c4)C(=O)C3C2CC2C(=O)N(c3ccc(F)c(Cl)c3)C(=O)C21C. The molecule has 6 unspecified atom stereocenters. The van der Waals surface area contributed by atoms with Gasteiger partial charge < -0.3 is 14.6 Å². The molecule has 2 aliphatic heterocycles. The molecule has 6 atom stereocenters. The number of alkyl halides is 6. The first-order valence-corrected chi connectivity index (χ1v) is 16.8. The predicted octanol–water partition coefficient (Wildman–Crippen LogP) is 7.67. The van der Waals surface area contributed by atoms with Crippen molar-refractivity contribution in [2.75, 3.05) is 24.0 Å². The number of phenols is 1. The largest absolute Gasteiger partial charge is 0.508 e. The average molecular weight is 781 g/mol. The van der Waals surface area contributed by atoms with Gasteiger partial charge in [0, 0.05) is 23.6 Å². The number of benzene rings is 3. The maximum atomic E-state index is 14.7. The van der Waals surface area contributed by atoms with Crippen molar-refractivity contribution in [2.24, 2.45) is 29.1 Å². The highest BCUT2D eigenvalue weighted by atomic mass is 35.5. The number of anilines is 2. The first-order chi connectivity index (χ1) is 25.2. The molecule has 3 aromatic carbocycles. The van der Waals surface area contributed by atoms with Gasteiger partial charge in [-0.1, -0.05) is 23.3 Å². The topological polar surface area (TPSA) is 113 Å². The van der Waals surface area contributed by atoms with Gasteiger partial charge in [-0.2, -0.15) is 26.3 Å². The first-order valence-electron chi connectivity index (χ1n) is 16.4. The molecule has 0 bridgehead atoms. The van der Waals surface area contributed by atoms with Gasteiger partial charge in [-0.3, -0.25) is 19.2 Å². The van der Waals surface area contributed by atoms with Crippen LogP contribution in [0.3, 0.4) is 0 Å². The number of hydrogen-bond donors (Lipinski definition) is 1. The zero-order valence-electron chi connectivity index (χ0n) is 28.3. The quantitative estimate of drug-likeness (QED) is 0.161. The van der Waals surface area contributed by atoms with Crippen LogP contribution < -0.4 is 19.3 Å². The van der Waals surface area contributed by atoms with Crippen LogP contribution in [-0.2, 0) is 31.5 Å². The van der Waals surface area contributed by atoms with E-state index in [0.29, 0.717) is 22.6 Å². The third-order valence-corrected chi connectivity index (χ3v) is 11.4. The van der Waals surface area contributed by atoms with Crippen molar-refractivity contribution in [2.45, 2.75) is 38.0 Å². The normalized spacial score (nSPS) is 26.8. The standard InChI is InChI=1S/C37H28ClF7N2O7/c1-35-23(32(50)47(34(35)52)17-4-7-25(39)24(38)11-17)14-22-20(30(35)29-26(53-2)12-19(48)13-27(29)54-3)5-6-21-28(22)33(51)46(31(21)49)18-9-15(36(40,41)42)8-16(10-18)37(43,44)45/h4-5,7-13,21-23,28,30,48H,6,14H2,1-3H3. The van der Waals surface area contributed by atoms with E-state index >= 15 is 0 Å². The second-order valence-corrected chi connectivity index (χ2v) is 14.2. The zero-order chi connectivity index (χ0) is 39.4. The Bertz CT molecular complexity index is 2130. The number of allylic oxidation sites excluding steroid dienone is 2. The van der Waals surface area contributed by atoms with E-state index in [2.05, 4.69) is 0 Å². The Balaban J connectivity index is 1.41. The molecular formula is C37H28ClF7N2O7. The monoisotopic (exact) mass is 780 g/mol. The van der Waals surface area contributed by atoms with Gasteiger partial charge in [0.15, 0.2) is 0 Å². The summed E-state index contributed by atoms with van der Waals surface area (Å²) in [4.78, 5) is 58.6. The minimum atomic E-state index is -5.26. The van der Waals surface area contributed by atoms with E-state index in [0.717, 1.165) is 17.0 Å². The zero-order valence-corrected chi connectivity index (χ0v) is 29.1. The molecule has 7 rings (SSSR count). The number of carbonyl (C=O) groups excluding carboxylic acids is 4. The van der Waals surface area contributed by atoms with Gasteiger partial charge in [0.2, 0.25) is 23.6 Å². The lowest BCUT2D eigenvalue weighted by atomic mass is 9.51. The number of methoxy groups -OCH3 is 2. The Hall–Kier alpha value is -5.12. The highest BCUT2D eigenvalue weighted by Crippen LogP contribution is 2.66. The summed E-state index contributed by atoms with van der Waals surface area (Å²) >= 11 is 6.03. The third kappa shape index (κ3) is 5.42. The van der Waals surface area contributed by atoms with E-state index in [1.807, 2.05) is 0 Å². The van der Waals surface area contributed by atoms with Crippen LogP contribution in [-0.4, -0.2) is 43.0 Å². The van der Waals surface area contributed by atoms with Gasteiger partial charge in [-0.25, -0.2) is 14.2 Å².